The van der Waals surface area contributed by atoms with Crippen LogP contribution in [0.2, 0.25) is 0 Å². The Hall–Kier alpha value is -1.39. The molecule has 2 N–H and O–H groups in total. The summed E-state index contributed by atoms with van der Waals surface area (Å²) in [6.07, 6.45) is 3.03. The Bertz CT molecular complexity index is 579. The van der Waals surface area contributed by atoms with Crippen molar-refractivity contribution >= 4 is 11.3 Å². The molecule has 0 fully saturated rings. The van der Waals surface area contributed by atoms with E-state index in [1.165, 1.54) is 10.6 Å². The van der Waals surface area contributed by atoms with E-state index in [0.29, 0.717) is 12.6 Å². The number of ether oxygens (including phenoxy) is 1. The van der Waals surface area contributed by atoms with Crippen molar-refractivity contribution in [2.45, 2.75) is 32.2 Å². The number of hydrogen-bond acceptors (Lipinski definition) is 4. The normalized spacial score (nSPS) is 18.1. The number of hydrogen-bond donors (Lipinski definition) is 1. The Labute approximate surface area is 117 Å². The monoisotopic (exact) mass is 274 g/mol. The molecular weight excluding hydrogens is 256 g/mol. The van der Waals surface area contributed by atoms with E-state index in [-0.39, 0.29) is 0 Å². The quantitative estimate of drug-likeness (QED) is 0.936. The van der Waals surface area contributed by atoms with Gasteiger partial charge in [-0.15, -0.1) is 11.3 Å². The Morgan fingerprint density at radius 2 is 2.37 bits per heavy atom. The van der Waals surface area contributed by atoms with Crippen LogP contribution in [0.1, 0.15) is 23.9 Å². The van der Waals surface area contributed by atoms with Crippen molar-refractivity contribution < 1.29 is 4.74 Å². The van der Waals surface area contributed by atoms with Crippen LogP contribution < -0.4 is 10.5 Å². The van der Waals surface area contributed by atoms with Crippen molar-refractivity contribution in [1.29, 1.82) is 0 Å². The number of nitrogens with zero attached hydrogens (tertiary/aromatic N) is 1. The fraction of sp³-hybridized carbons (Fsp3) is 0.400. The van der Waals surface area contributed by atoms with Crippen molar-refractivity contribution in [1.82, 2.24) is 4.98 Å². The number of fused-ring (bicyclic) bond motifs is 1. The van der Waals surface area contributed by atoms with Gasteiger partial charge in [-0.25, -0.2) is 4.98 Å². The maximum Gasteiger partial charge on any atom is 0.124 e. The topological polar surface area (TPSA) is 48.1 Å². The van der Waals surface area contributed by atoms with Gasteiger partial charge in [-0.2, -0.15) is 0 Å². The zero-order valence-electron chi connectivity index (χ0n) is 11.1. The SMILES string of the molecule is CCOc1cccc(-c2nc3c(s2)CC(N)CC3)c1. The zero-order valence-corrected chi connectivity index (χ0v) is 11.9. The van der Waals surface area contributed by atoms with E-state index < -0.39 is 0 Å². The first-order valence-electron chi connectivity index (χ1n) is 6.73. The maximum atomic E-state index is 6.02. The molecular formula is C15H18N2OS. The van der Waals surface area contributed by atoms with Crippen LogP contribution in [-0.4, -0.2) is 17.6 Å². The Morgan fingerprint density at radius 1 is 1.47 bits per heavy atom. The molecule has 0 bridgehead atoms. The fourth-order valence-corrected chi connectivity index (χ4v) is 3.61. The molecule has 1 aliphatic rings. The predicted molar refractivity (Wildman–Crippen MR) is 78.7 cm³/mol. The molecule has 19 heavy (non-hydrogen) atoms. The van der Waals surface area contributed by atoms with Crippen LogP contribution in [0, 0.1) is 0 Å². The van der Waals surface area contributed by atoms with Crippen LogP contribution in [0.25, 0.3) is 10.6 Å². The zero-order chi connectivity index (χ0) is 13.2. The molecule has 2 aromatic rings. The summed E-state index contributed by atoms with van der Waals surface area (Å²) in [7, 11) is 0. The Kier molecular flexibility index (Phi) is 3.53. The van der Waals surface area contributed by atoms with Crippen LogP contribution >= 0.6 is 11.3 Å². The molecule has 4 heteroatoms. The van der Waals surface area contributed by atoms with Gasteiger partial charge in [-0.1, -0.05) is 12.1 Å². The van der Waals surface area contributed by atoms with Gasteiger partial charge < -0.3 is 10.5 Å². The van der Waals surface area contributed by atoms with Gasteiger partial charge in [0.05, 0.1) is 12.3 Å². The molecule has 1 unspecified atom stereocenters. The molecule has 0 saturated heterocycles. The third-order valence-electron chi connectivity index (χ3n) is 3.37. The summed E-state index contributed by atoms with van der Waals surface area (Å²) in [4.78, 5) is 6.12. The van der Waals surface area contributed by atoms with E-state index in [1.54, 1.807) is 11.3 Å². The molecule has 1 aromatic carbocycles. The third-order valence-corrected chi connectivity index (χ3v) is 4.54. The number of thiazole rings is 1. The lowest BCUT2D eigenvalue weighted by Crippen LogP contribution is -2.26. The number of rotatable bonds is 3. The summed E-state index contributed by atoms with van der Waals surface area (Å²) in [6.45, 7) is 2.68. The summed E-state index contributed by atoms with van der Waals surface area (Å²) in [5.74, 6) is 0.907. The van der Waals surface area contributed by atoms with Crippen molar-refractivity contribution in [3.05, 3.63) is 34.8 Å². The Morgan fingerprint density at radius 3 is 3.21 bits per heavy atom. The molecule has 0 radical (unpaired) electrons. The Balaban J connectivity index is 1.92. The smallest absolute Gasteiger partial charge is 0.124 e. The highest BCUT2D eigenvalue weighted by Gasteiger charge is 2.20. The first kappa shape index (κ1) is 12.6. The molecule has 0 spiro atoms. The molecule has 0 amide bonds. The molecule has 0 aliphatic heterocycles. The van der Waals surface area contributed by atoms with Crippen LogP contribution in [0.5, 0.6) is 5.75 Å². The highest BCUT2D eigenvalue weighted by molar-refractivity contribution is 7.15. The van der Waals surface area contributed by atoms with E-state index in [0.717, 1.165) is 35.6 Å². The highest BCUT2D eigenvalue weighted by atomic mass is 32.1. The van der Waals surface area contributed by atoms with Crippen LogP contribution in [0.3, 0.4) is 0 Å². The van der Waals surface area contributed by atoms with Crippen LogP contribution in [0.4, 0.5) is 0 Å². The molecule has 3 nitrogen and oxygen atoms in total. The molecule has 1 heterocycles. The lowest BCUT2D eigenvalue weighted by molar-refractivity contribution is 0.340. The molecule has 1 aliphatic carbocycles. The average Bonchev–Trinajstić information content (AvgIpc) is 2.82. The molecule has 3 rings (SSSR count). The number of nitrogens with two attached hydrogens (primary N) is 1. The van der Waals surface area contributed by atoms with E-state index in [1.807, 2.05) is 19.1 Å². The second-order valence-electron chi connectivity index (χ2n) is 4.85. The third kappa shape index (κ3) is 2.65. The fourth-order valence-electron chi connectivity index (χ4n) is 2.41. The van der Waals surface area contributed by atoms with E-state index in [4.69, 9.17) is 15.5 Å². The van der Waals surface area contributed by atoms with Gasteiger partial charge >= 0.3 is 0 Å². The van der Waals surface area contributed by atoms with Gasteiger partial charge in [0, 0.05) is 16.5 Å². The van der Waals surface area contributed by atoms with E-state index in [9.17, 15) is 0 Å². The standard InChI is InChI=1S/C15H18N2OS/c1-2-18-12-5-3-4-10(8-12)15-17-13-7-6-11(16)9-14(13)19-15/h3-5,8,11H,2,6-7,9,16H2,1H3. The highest BCUT2D eigenvalue weighted by Crippen LogP contribution is 2.33. The summed E-state index contributed by atoms with van der Waals surface area (Å²) in [5, 5.41) is 1.08. The van der Waals surface area contributed by atoms with Gasteiger partial charge in [0.25, 0.3) is 0 Å². The second kappa shape index (κ2) is 5.31. The second-order valence-corrected chi connectivity index (χ2v) is 5.94. The van der Waals surface area contributed by atoms with Gasteiger partial charge in [0.15, 0.2) is 0 Å². The van der Waals surface area contributed by atoms with Crippen molar-refractivity contribution in [3.63, 3.8) is 0 Å². The molecule has 1 aromatic heterocycles. The largest absolute Gasteiger partial charge is 0.494 e. The van der Waals surface area contributed by atoms with Crippen LogP contribution in [-0.2, 0) is 12.8 Å². The van der Waals surface area contributed by atoms with Gasteiger partial charge in [0.2, 0.25) is 0 Å². The predicted octanol–water partition coefficient (Wildman–Crippen LogP) is 3.02. The van der Waals surface area contributed by atoms with E-state index in [2.05, 4.69) is 12.1 Å². The average molecular weight is 274 g/mol. The minimum atomic E-state index is 0.301. The van der Waals surface area contributed by atoms with Gasteiger partial charge in [0.1, 0.15) is 10.8 Å². The number of aryl methyl sites for hydroxylation is 1. The van der Waals surface area contributed by atoms with Gasteiger partial charge in [-0.3, -0.25) is 0 Å². The minimum Gasteiger partial charge on any atom is -0.494 e. The molecule has 100 valence electrons. The first-order valence-corrected chi connectivity index (χ1v) is 7.55. The van der Waals surface area contributed by atoms with Crippen molar-refractivity contribution in [2.75, 3.05) is 6.61 Å². The summed E-state index contributed by atoms with van der Waals surface area (Å²) in [6, 6.07) is 8.46. The van der Waals surface area contributed by atoms with E-state index >= 15 is 0 Å². The number of benzene rings is 1. The van der Waals surface area contributed by atoms with Gasteiger partial charge in [-0.05, 0) is 38.3 Å². The molecule has 1 atom stereocenters. The first-order chi connectivity index (χ1) is 9.26. The maximum absolute atomic E-state index is 6.02. The summed E-state index contributed by atoms with van der Waals surface area (Å²) in [5.41, 5.74) is 8.40. The van der Waals surface area contributed by atoms with Crippen molar-refractivity contribution in [2.24, 2.45) is 5.73 Å². The van der Waals surface area contributed by atoms with Crippen molar-refractivity contribution in [3.8, 4) is 16.3 Å². The number of aromatic nitrogens is 1. The molecule has 0 saturated carbocycles. The lowest BCUT2D eigenvalue weighted by Gasteiger charge is -2.15. The lowest BCUT2D eigenvalue weighted by atomic mass is 9.99. The van der Waals surface area contributed by atoms with Crippen LogP contribution in [0.15, 0.2) is 24.3 Å². The summed E-state index contributed by atoms with van der Waals surface area (Å²) >= 11 is 1.77. The minimum absolute atomic E-state index is 0.301. The summed E-state index contributed by atoms with van der Waals surface area (Å²) < 4.78 is 5.54.